The van der Waals surface area contributed by atoms with Gasteiger partial charge in [0.05, 0.1) is 0 Å². The maximum absolute atomic E-state index is 11.3. The number of carboxylic acid groups (broad SMARTS) is 1. The first-order valence-corrected chi connectivity index (χ1v) is 7.23. The number of nitrogens with zero attached hydrogens (tertiary/aromatic N) is 1. The van der Waals surface area contributed by atoms with Gasteiger partial charge in [0, 0.05) is 24.3 Å². The first-order valence-electron chi connectivity index (χ1n) is 7.23. The zero-order valence-electron chi connectivity index (χ0n) is 12.8. The van der Waals surface area contributed by atoms with Crippen molar-refractivity contribution in [2.75, 3.05) is 0 Å². The highest BCUT2D eigenvalue weighted by atomic mass is 16.4. The second-order valence-corrected chi connectivity index (χ2v) is 6.63. The summed E-state index contributed by atoms with van der Waals surface area (Å²) in [6, 6.07) is 3.46. The third kappa shape index (κ3) is 4.56. The molecule has 2 heterocycles. The van der Waals surface area contributed by atoms with Crippen molar-refractivity contribution in [2.24, 2.45) is 5.41 Å². The summed E-state index contributed by atoms with van der Waals surface area (Å²) < 4.78 is 0. The summed E-state index contributed by atoms with van der Waals surface area (Å²) >= 11 is 0. The number of hydrogen-bond acceptors (Lipinski definition) is 3. The van der Waals surface area contributed by atoms with E-state index in [1.54, 1.807) is 6.20 Å². The normalized spacial score (nSPS) is 13.5. The number of rotatable bonds is 6. The van der Waals surface area contributed by atoms with E-state index in [2.05, 4.69) is 36.1 Å². The molecule has 5 nitrogen and oxygen atoms in total. The predicted octanol–water partition coefficient (Wildman–Crippen LogP) is 2.93. The standard InChI is InChI=1S/C16H23N3O2/c1-16(2,3)6-4-13(15(20)21)18-9-11-8-12-5-7-17-14(12)19-10-11/h5,7-8,10,13,18H,4,6,9H2,1-3H3,(H,17,19)(H,20,21). The second-order valence-electron chi connectivity index (χ2n) is 6.63. The van der Waals surface area contributed by atoms with E-state index in [4.69, 9.17) is 0 Å². The Balaban J connectivity index is 1.95. The number of aromatic nitrogens is 2. The van der Waals surface area contributed by atoms with E-state index in [0.29, 0.717) is 13.0 Å². The molecule has 0 fully saturated rings. The lowest BCUT2D eigenvalue weighted by Crippen LogP contribution is -2.37. The summed E-state index contributed by atoms with van der Waals surface area (Å²) in [5.41, 5.74) is 1.98. The lowest BCUT2D eigenvalue weighted by atomic mass is 9.88. The molecule has 0 saturated carbocycles. The second kappa shape index (κ2) is 6.26. The minimum absolute atomic E-state index is 0.140. The Morgan fingerprint density at radius 2 is 2.24 bits per heavy atom. The van der Waals surface area contributed by atoms with Crippen molar-refractivity contribution in [1.82, 2.24) is 15.3 Å². The minimum atomic E-state index is -0.796. The van der Waals surface area contributed by atoms with Gasteiger partial charge in [0.1, 0.15) is 11.7 Å². The van der Waals surface area contributed by atoms with Gasteiger partial charge in [-0.3, -0.25) is 4.79 Å². The minimum Gasteiger partial charge on any atom is -0.480 e. The molecule has 0 aliphatic rings. The summed E-state index contributed by atoms with van der Waals surface area (Å²) in [4.78, 5) is 18.7. The third-order valence-corrected chi connectivity index (χ3v) is 3.49. The Labute approximate surface area is 124 Å². The van der Waals surface area contributed by atoms with Crippen LogP contribution in [0.1, 0.15) is 39.2 Å². The molecule has 0 aliphatic heterocycles. The molecule has 5 heteroatoms. The number of hydrogen-bond donors (Lipinski definition) is 3. The highest BCUT2D eigenvalue weighted by Gasteiger charge is 2.20. The van der Waals surface area contributed by atoms with Gasteiger partial charge in [-0.15, -0.1) is 0 Å². The topological polar surface area (TPSA) is 78.0 Å². The van der Waals surface area contributed by atoms with Gasteiger partial charge in [-0.2, -0.15) is 0 Å². The van der Waals surface area contributed by atoms with E-state index in [1.807, 2.05) is 18.3 Å². The van der Waals surface area contributed by atoms with Gasteiger partial charge in [-0.25, -0.2) is 4.98 Å². The molecule has 0 bridgehead atoms. The van der Waals surface area contributed by atoms with E-state index in [9.17, 15) is 9.90 Å². The van der Waals surface area contributed by atoms with Gasteiger partial charge < -0.3 is 15.4 Å². The van der Waals surface area contributed by atoms with Gasteiger partial charge in [0.15, 0.2) is 0 Å². The Morgan fingerprint density at radius 3 is 2.90 bits per heavy atom. The molecule has 3 N–H and O–H groups in total. The number of aromatic amines is 1. The van der Waals surface area contributed by atoms with Crippen molar-refractivity contribution < 1.29 is 9.90 Å². The van der Waals surface area contributed by atoms with Crippen molar-refractivity contribution in [3.63, 3.8) is 0 Å². The first-order chi connectivity index (χ1) is 9.85. The highest BCUT2D eigenvalue weighted by Crippen LogP contribution is 2.22. The lowest BCUT2D eigenvalue weighted by molar-refractivity contribution is -0.139. The van der Waals surface area contributed by atoms with Crippen LogP contribution in [0.3, 0.4) is 0 Å². The fraction of sp³-hybridized carbons (Fsp3) is 0.500. The molecule has 0 saturated heterocycles. The van der Waals surface area contributed by atoms with Crippen LogP contribution in [0.2, 0.25) is 0 Å². The highest BCUT2D eigenvalue weighted by molar-refractivity contribution is 5.76. The average Bonchev–Trinajstić information content (AvgIpc) is 2.84. The molecular formula is C16H23N3O2. The number of fused-ring (bicyclic) bond motifs is 1. The zero-order chi connectivity index (χ0) is 15.5. The molecule has 1 atom stereocenters. The van der Waals surface area contributed by atoms with Crippen LogP contribution in [0, 0.1) is 5.41 Å². The van der Waals surface area contributed by atoms with Crippen LogP contribution in [0.4, 0.5) is 0 Å². The number of H-pyrrole nitrogens is 1. The van der Waals surface area contributed by atoms with E-state index in [1.165, 1.54) is 0 Å². The average molecular weight is 289 g/mol. The first kappa shape index (κ1) is 15.5. The molecule has 0 radical (unpaired) electrons. The van der Waals surface area contributed by atoms with Gasteiger partial charge >= 0.3 is 5.97 Å². The van der Waals surface area contributed by atoms with Crippen molar-refractivity contribution in [3.05, 3.63) is 30.1 Å². The zero-order valence-corrected chi connectivity index (χ0v) is 12.8. The summed E-state index contributed by atoms with van der Waals surface area (Å²) in [6.07, 6.45) is 5.11. The predicted molar refractivity (Wildman–Crippen MR) is 83.0 cm³/mol. The molecule has 2 aromatic rings. The lowest BCUT2D eigenvalue weighted by Gasteiger charge is -2.21. The molecule has 0 spiro atoms. The molecular weight excluding hydrogens is 266 g/mol. The van der Waals surface area contributed by atoms with Gasteiger partial charge in [0.2, 0.25) is 0 Å². The third-order valence-electron chi connectivity index (χ3n) is 3.49. The summed E-state index contributed by atoms with van der Waals surface area (Å²) in [5.74, 6) is -0.796. The van der Waals surface area contributed by atoms with Crippen molar-refractivity contribution in [1.29, 1.82) is 0 Å². The number of carbonyl (C=O) groups is 1. The van der Waals surface area contributed by atoms with Crippen molar-refractivity contribution >= 4 is 17.0 Å². The summed E-state index contributed by atoms with van der Waals surface area (Å²) in [7, 11) is 0. The molecule has 0 aromatic carbocycles. The summed E-state index contributed by atoms with van der Waals surface area (Å²) in [6.45, 7) is 6.87. The fourth-order valence-corrected chi connectivity index (χ4v) is 2.21. The maximum atomic E-state index is 11.3. The quantitative estimate of drug-likeness (QED) is 0.764. The van der Waals surface area contributed by atoms with Crippen LogP contribution < -0.4 is 5.32 Å². The Morgan fingerprint density at radius 1 is 1.48 bits per heavy atom. The fourth-order valence-electron chi connectivity index (χ4n) is 2.21. The van der Waals surface area contributed by atoms with E-state index in [0.717, 1.165) is 23.0 Å². The van der Waals surface area contributed by atoms with Crippen LogP contribution in [0.5, 0.6) is 0 Å². The van der Waals surface area contributed by atoms with Crippen LogP contribution in [-0.4, -0.2) is 27.1 Å². The Kier molecular flexibility index (Phi) is 4.63. The Hall–Kier alpha value is -1.88. The monoisotopic (exact) mass is 289 g/mol. The smallest absolute Gasteiger partial charge is 0.320 e. The van der Waals surface area contributed by atoms with E-state index < -0.39 is 12.0 Å². The van der Waals surface area contributed by atoms with Crippen LogP contribution in [0.25, 0.3) is 11.0 Å². The molecule has 114 valence electrons. The largest absolute Gasteiger partial charge is 0.480 e. The van der Waals surface area contributed by atoms with E-state index in [-0.39, 0.29) is 5.41 Å². The molecule has 1 unspecified atom stereocenters. The molecule has 2 rings (SSSR count). The molecule has 2 aromatic heterocycles. The number of aliphatic carboxylic acids is 1. The molecule has 21 heavy (non-hydrogen) atoms. The maximum Gasteiger partial charge on any atom is 0.320 e. The number of nitrogens with one attached hydrogen (secondary N) is 2. The molecule has 0 amide bonds. The Bertz CT molecular complexity index is 613. The SMILES string of the molecule is CC(C)(C)CCC(NCc1cnc2[nH]ccc2c1)C(=O)O. The number of pyridine rings is 1. The van der Waals surface area contributed by atoms with Crippen molar-refractivity contribution in [3.8, 4) is 0 Å². The van der Waals surface area contributed by atoms with Gasteiger partial charge in [-0.05, 0) is 36.0 Å². The summed E-state index contributed by atoms with van der Waals surface area (Å²) in [5, 5.41) is 13.5. The van der Waals surface area contributed by atoms with Gasteiger partial charge in [0.25, 0.3) is 0 Å². The van der Waals surface area contributed by atoms with Crippen LogP contribution in [0.15, 0.2) is 24.5 Å². The van der Waals surface area contributed by atoms with Crippen LogP contribution >= 0.6 is 0 Å². The number of carboxylic acids is 1. The van der Waals surface area contributed by atoms with Crippen molar-refractivity contribution in [2.45, 2.75) is 46.2 Å². The van der Waals surface area contributed by atoms with E-state index >= 15 is 0 Å². The van der Waals surface area contributed by atoms with Gasteiger partial charge in [-0.1, -0.05) is 20.8 Å². The molecule has 0 aliphatic carbocycles. The van der Waals surface area contributed by atoms with Crippen LogP contribution in [-0.2, 0) is 11.3 Å².